The third kappa shape index (κ3) is 10.3. The Morgan fingerprint density at radius 1 is 1.12 bits per heavy atom. The molecule has 0 aliphatic rings. The summed E-state index contributed by atoms with van der Waals surface area (Å²) >= 11 is 0. The number of hydrogen-bond acceptors (Lipinski definition) is 5. The number of furan rings is 1. The minimum atomic E-state index is -1.22. The highest BCUT2D eigenvalue weighted by Crippen LogP contribution is 2.14. The van der Waals surface area contributed by atoms with Crippen LogP contribution in [0.4, 0.5) is 0 Å². The van der Waals surface area contributed by atoms with Gasteiger partial charge < -0.3 is 28.9 Å². The zero-order chi connectivity index (χ0) is 24.3. The number of nitrogens with zero attached hydrogens (tertiary/aromatic N) is 1. The first-order valence-corrected chi connectivity index (χ1v) is 11.3. The number of hydrogen-bond donors (Lipinski definition) is 1. The standard InChI is InChI=1S/C26H34N2O5/c1-5-6-7-8-16-32-23-11-9-10-20(17-23)12-13-22-14-15-24(33-22)26(31)27-21(18-25(29)30)19-28(2,3)4/h9-11,14-15,17,21H,5-8,16,18-19H2,1-4H3,(H-,27,29,30,31). The number of rotatable bonds is 12. The fraction of sp³-hybridized carbons (Fsp3) is 0.462. The van der Waals surface area contributed by atoms with E-state index in [0.717, 1.165) is 24.2 Å². The Morgan fingerprint density at radius 3 is 2.61 bits per heavy atom. The van der Waals surface area contributed by atoms with Crippen molar-refractivity contribution in [3.05, 3.63) is 53.5 Å². The van der Waals surface area contributed by atoms with Crippen molar-refractivity contribution in [3.63, 3.8) is 0 Å². The van der Waals surface area contributed by atoms with Gasteiger partial charge in [0.15, 0.2) is 11.5 Å². The van der Waals surface area contributed by atoms with Gasteiger partial charge in [-0.25, -0.2) is 0 Å². The van der Waals surface area contributed by atoms with E-state index in [4.69, 9.17) is 9.15 Å². The average molecular weight is 455 g/mol. The van der Waals surface area contributed by atoms with Gasteiger partial charge in [0.2, 0.25) is 0 Å². The molecule has 0 fully saturated rings. The summed E-state index contributed by atoms with van der Waals surface area (Å²) in [7, 11) is 5.75. The van der Waals surface area contributed by atoms with Crippen LogP contribution in [0.2, 0.25) is 0 Å². The van der Waals surface area contributed by atoms with Gasteiger partial charge >= 0.3 is 0 Å². The Morgan fingerprint density at radius 2 is 1.91 bits per heavy atom. The number of amides is 1. The Bertz CT molecular complexity index is 978. The molecule has 2 aromatic rings. The van der Waals surface area contributed by atoms with Crippen molar-refractivity contribution < 1.29 is 28.3 Å². The third-order valence-corrected chi connectivity index (χ3v) is 4.78. The Kier molecular flexibility index (Phi) is 10.0. The van der Waals surface area contributed by atoms with Crippen LogP contribution in [0, 0.1) is 11.8 Å². The van der Waals surface area contributed by atoms with Gasteiger partial charge in [-0.3, -0.25) is 4.79 Å². The van der Waals surface area contributed by atoms with Crippen LogP contribution in [0.5, 0.6) is 5.75 Å². The minimum absolute atomic E-state index is 0.0771. The predicted molar refractivity (Wildman–Crippen MR) is 125 cm³/mol. The van der Waals surface area contributed by atoms with Crippen LogP contribution < -0.4 is 15.2 Å². The molecule has 7 heteroatoms. The zero-order valence-electron chi connectivity index (χ0n) is 20.0. The molecule has 0 aliphatic carbocycles. The topological polar surface area (TPSA) is 91.6 Å². The second-order valence-corrected chi connectivity index (χ2v) is 9.07. The maximum atomic E-state index is 12.5. The van der Waals surface area contributed by atoms with Crippen LogP contribution in [-0.2, 0) is 4.79 Å². The molecule has 7 nitrogen and oxygen atoms in total. The van der Waals surface area contributed by atoms with Gasteiger partial charge in [0, 0.05) is 18.0 Å². The van der Waals surface area contributed by atoms with Crippen molar-refractivity contribution >= 4 is 11.9 Å². The van der Waals surface area contributed by atoms with Gasteiger partial charge in [-0.15, -0.1) is 0 Å². The number of aliphatic carboxylic acids is 1. The number of unbranched alkanes of at least 4 members (excludes halogenated alkanes) is 3. The van der Waals surface area contributed by atoms with Crippen molar-refractivity contribution in [3.8, 4) is 17.6 Å². The number of benzene rings is 1. The number of nitrogens with one attached hydrogen (secondary N) is 1. The highest BCUT2D eigenvalue weighted by Gasteiger charge is 2.22. The summed E-state index contributed by atoms with van der Waals surface area (Å²) in [5, 5.41) is 13.8. The second kappa shape index (κ2) is 12.7. The number of likely N-dealkylation sites (N-methyl/N-ethyl adjacent to an activating group) is 1. The molecule has 178 valence electrons. The van der Waals surface area contributed by atoms with Crippen molar-refractivity contribution in [2.75, 3.05) is 34.3 Å². The molecule has 0 bridgehead atoms. The summed E-state index contributed by atoms with van der Waals surface area (Å²) < 4.78 is 11.8. The van der Waals surface area contributed by atoms with E-state index in [-0.39, 0.29) is 12.2 Å². The highest BCUT2D eigenvalue weighted by atomic mass is 16.5. The fourth-order valence-electron chi connectivity index (χ4n) is 3.32. The van der Waals surface area contributed by atoms with Crippen molar-refractivity contribution in [1.82, 2.24) is 5.32 Å². The SMILES string of the molecule is CCCCCCOc1cccc(C#Cc2ccc(C(=O)NC(CC(=O)[O-])C[N+](C)(C)C)o2)c1. The molecule has 0 radical (unpaired) electrons. The number of carboxylic acids is 1. The summed E-state index contributed by atoms with van der Waals surface area (Å²) in [5.41, 5.74) is 0.778. The fourth-order valence-corrected chi connectivity index (χ4v) is 3.32. The minimum Gasteiger partial charge on any atom is -0.550 e. The van der Waals surface area contributed by atoms with Crippen molar-refractivity contribution in [2.45, 2.75) is 45.1 Å². The molecule has 2 rings (SSSR count). The van der Waals surface area contributed by atoms with Crippen LogP contribution in [-0.4, -0.2) is 56.7 Å². The lowest BCUT2D eigenvalue weighted by Gasteiger charge is -2.29. The lowest BCUT2D eigenvalue weighted by atomic mass is 10.2. The maximum Gasteiger partial charge on any atom is 0.287 e. The quantitative estimate of drug-likeness (QED) is 0.302. The molecular formula is C26H34N2O5. The molecule has 0 saturated carbocycles. The van der Waals surface area contributed by atoms with Gasteiger partial charge in [-0.05, 0) is 42.7 Å². The van der Waals surface area contributed by atoms with Gasteiger partial charge in [-0.2, -0.15) is 0 Å². The van der Waals surface area contributed by atoms with Gasteiger partial charge in [0.05, 0.1) is 40.3 Å². The normalized spacial score (nSPS) is 11.9. The van der Waals surface area contributed by atoms with Crippen LogP contribution >= 0.6 is 0 Å². The molecular weight excluding hydrogens is 420 g/mol. The van der Waals surface area contributed by atoms with Gasteiger partial charge in [0.25, 0.3) is 5.91 Å². The first-order valence-electron chi connectivity index (χ1n) is 11.3. The lowest BCUT2D eigenvalue weighted by molar-refractivity contribution is -0.871. The Balaban J connectivity index is 1.98. The molecule has 33 heavy (non-hydrogen) atoms. The number of carbonyl (C=O) groups is 2. The summed E-state index contributed by atoms with van der Waals surface area (Å²) in [6.07, 6.45) is 4.32. The predicted octanol–water partition coefficient (Wildman–Crippen LogP) is 2.58. The van der Waals surface area contributed by atoms with E-state index in [1.807, 2.05) is 45.4 Å². The van der Waals surface area contributed by atoms with E-state index >= 15 is 0 Å². The molecule has 0 saturated heterocycles. The van der Waals surface area contributed by atoms with E-state index < -0.39 is 17.9 Å². The molecule has 1 aromatic carbocycles. The molecule has 1 atom stereocenters. The van der Waals surface area contributed by atoms with Crippen molar-refractivity contribution in [2.24, 2.45) is 0 Å². The molecule has 1 heterocycles. The van der Waals surface area contributed by atoms with Gasteiger partial charge in [-0.1, -0.05) is 38.2 Å². The zero-order valence-corrected chi connectivity index (χ0v) is 20.0. The van der Waals surface area contributed by atoms with Crippen LogP contribution in [0.3, 0.4) is 0 Å². The highest BCUT2D eigenvalue weighted by molar-refractivity contribution is 5.92. The summed E-state index contributed by atoms with van der Waals surface area (Å²) in [5.74, 6) is 5.42. The third-order valence-electron chi connectivity index (χ3n) is 4.78. The summed E-state index contributed by atoms with van der Waals surface area (Å²) in [6, 6.07) is 10.1. The number of ether oxygens (including phenoxy) is 1. The molecule has 1 unspecified atom stereocenters. The first-order chi connectivity index (χ1) is 15.7. The summed E-state index contributed by atoms with van der Waals surface area (Å²) in [6.45, 7) is 3.29. The van der Waals surface area contributed by atoms with E-state index in [9.17, 15) is 14.7 Å². The van der Waals surface area contributed by atoms with Gasteiger partial charge in [0.1, 0.15) is 5.75 Å². The van der Waals surface area contributed by atoms with E-state index in [1.54, 1.807) is 6.07 Å². The largest absolute Gasteiger partial charge is 0.550 e. The molecule has 0 aliphatic heterocycles. The average Bonchev–Trinajstić information content (AvgIpc) is 3.20. The number of carboxylic acid groups (broad SMARTS) is 1. The van der Waals surface area contributed by atoms with Crippen molar-refractivity contribution in [1.29, 1.82) is 0 Å². The van der Waals surface area contributed by atoms with E-state index in [1.165, 1.54) is 18.9 Å². The monoisotopic (exact) mass is 454 g/mol. The Labute approximate surface area is 196 Å². The summed E-state index contributed by atoms with van der Waals surface area (Å²) in [4.78, 5) is 23.6. The van der Waals surface area contributed by atoms with E-state index in [2.05, 4.69) is 24.1 Å². The number of carbonyl (C=O) groups excluding carboxylic acids is 2. The molecule has 1 N–H and O–H groups in total. The molecule has 1 aromatic heterocycles. The molecule has 0 spiro atoms. The lowest BCUT2D eigenvalue weighted by Crippen LogP contribution is -2.50. The van der Waals surface area contributed by atoms with Crippen LogP contribution in [0.1, 0.15) is 60.9 Å². The second-order valence-electron chi connectivity index (χ2n) is 9.07. The van der Waals surface area contributed by atoms with Crippen LogP contribution in [0.25, 0.3) is 0 Å². The van der Waals surface area contributed by atoms with E-state index in [0.29, 0.717) is 23.4 Å². The molecule has 1 amide bonds. The Hall–Kier alpha value is -3.24. The van der Waals surface area contributed by atoms with Crippen LogP contribution in [0.15, 0.2) is 40.8 Å². The number of quaternary nitrogens is 1. The maximum absolute atomic E-state index is 12.5. The first kappa shape index (κ1) is 26.0. The smallest absolute Gasteiger partial charge is 0.287 e.